The summed E-state index contributed by atoms with van der Waals surface area (Å²) in [6.07, 6.45) is 4.39. The first kappa shape index (κ1) is 18.1. The Hall–Kier alpha value is -2.33. The van der Waals surface area contributed by atoms with Crippen molar-refractivity contribution in [2.75, 3.05) is 26.2 Å². The Morgan fingerprint density at radius 1 is 1.04 bits per heavy atom. The maximum Gasteiger partial charge on any atom is 0.304 e. The number of hydrogen-bond donors (Lipinski definition) is 1. The highest BCUT2D eigenvalue weighted by Gasteiger charge is 2.42. The van der Waals surface area contributed by atoms with E-state index in [1.807, 2.05) is 0 Å². The number of likely N-dealkylation sites (tertiary alicyclic amines) is 1. The van der Waals surface area contributed by atoms with Crippen molar-refractivity contribution in [3.63, 3.8) is 0 Å². The van der Waals surface area contributed by atoms with Crippen molar-refractivity contribution in [2.45, 2.75) is 37.5 Å². The molecule has 4 rings (SSSR count). The minimum absolute atomic E-state index is 0.118. The van der Waals surface area contributed by atoms with Crippen LogP contribution in [0.25, 0.3) is 0 Å². The average Bonchev–Trinajstić information content (AvgIpc) is 3.04. The molecule has 1 spiro atoms. The van der Waals surface area contributed by atoms with Gasteiger partial charge >= 0.3 is 5.97 Å². The van der Waals surface area contributed by atoms with E-state index in [0.29, 0.717) is 6.54 Å². The molecule has 1 N–H and O–H groups in total. The smallest absolute Gasteiger partial charge is 0.304 e. The number of ether oxygens (including phenoxy) is 1. The van der Waals surface area contributed by atoms with Crippen molar-refractivity contribution in [1.29, 1.82) is 0 Å². The first-order valence-corrected chi connectivity index (χ1v) is 9.89. The van der Waals surface area contributed by atoms with Crippen LogP contribution in [0.2, 0.25) is 0 Å². The van der Waals surface area contributed by atoms with E-state index >= 15 is 0 Å². The molecule has 0 bridgehead atoms. The number of benzene rings is 2. The molecular formula is C23H27NO3. The summed E-state index contributed by atoms with van der Waals surface area (Å²) in [6, 6.07) is 17.4. The van der Waals surface area contributed by atoms with Crippen molar-refractivity contribution in [3.05, 3.63) is 65.2 Å². The van der Waals surface area contributed by atoms with Crippen LogP contribution in [0.5, 0.6) is 5.75 Å². The summed E-state index contributed by atoms with van der Waals surface area (Å²) in [7, 11) is 0. The van der Waals surface area contributed by atoms with Crippen molar-refractivity contribution in [2.24, 2.45) is 0 Å². The van der Waals surface area contributed by atoms with Crippen molar-refractivity contribution in [3.8, 4) is 5.75 Å². The van der Waals surface area contributed by atoms with Crippen molar-refractivity contribution < 1.29 is 14.6 Å². The molecule has 4 nitrogen and oxygen atoms in total. The molecule has 142 valence electrons. The van der Waals surface area contributed by atoms with Gasteiger partial charge in [0.15, 0.2) is 0 Å². The lowest BCUT2D eigenvalue weighted by atomic mass is 9.74. The van der Waals surface area contributed by atoms with Gasteiger partial charge in [-0.1, -0.05) is 42.5 Å². The predicted molar refractivity (Wildman–Crippen MR) is 105 cm³/mol. The number of hydrogen-bond acceptors (Lipinski definition) is 3. The Balaban J connectivity index is 1.39. The lowest BCUT2D eigenvalue weighted by molar-refractivity contribution is -0.137. The van der Waals surface area contributed by atoms with Gasteiger partial charge in [-0.2, -0.15) is 0 Å². The van der Waals surface area contributed by atoms with E-state index in [1.54, 1.807) is 0 Å². The lowest BCUT2D eigenvalue weighted by Crippen LogP contribution is -2.44. The molecule has 2 aromatic rings. The zero-order chi connectivity index (χ0) is 18.7. The van der Waals surface area contributed by atoms with Gasteiger partial charge in [0, 0.05) is 17.5 Å². The number of aliphatic carboxylic acids is 1. The molecule has 2 aromatic carbocycles. The van der Waals surface area contributed by atoms with Gasteiger partial charge in [0.1, 0.15) is 5.75 Å². The Labute approximate surface area is 160 Å². The molecule has 27 heavy (non-hydrogen) atoms. The predicted octanol–water partition coefficient (Wildman–Crippen LogP) is 3.67. The largest absolute Gasteiger partial charge is 0.492 e. The zero-order valence-corrected chi connectivity index (χ0v) is 15.7. The van der Waals surface area contributed by atoms with E-state index < -0.39 is 5.97 Å². The van der Waals surface area contributed by atoms with Crippen molar-refractivity contribution >= 4 is 5.97 Å². The normalized spacial score (nSPS) is 18.2. The van der Waals surface area contributed by atoms with Gasteiger partial charge in [-0.15, -0.1) is 0 Å². The van der Waals surface area contributed by atoms with Crippen LogP contribution in [-0.4, -0.2) is 42.2 Å². The van der Waals surface area contributed by atoms with Crippen LogP contribution in [0.15, 0.2) is 48.5 Å². The van der Waals surface area contributed by atoms with Crippen LogP contribution in [0.3, 0.4) is 0 Å². The number of carbonyl (C=O) groups is 1. The fraction of sp³-hybridized carbons (Fsp3) is 0.435. The SMILES string of the molecule is O=C(O)CCN1CCC2(CC1)COc1cc(CCc3ccccc3)ccc12. The van der Waals surface area contributed by atoms with Gasteiger partial charge < -0.3 is 14.7 Å². The van der Waals surface area contributed by atoms with E-state index in [9.17, 15) is 4.79 Å². The summed E-state index contributed by atoms with van der Waals surface area (Å²) in [6.45, 7) is 3.31. The highest BCUT2D eigenvalue weighted by atomic mass is 16.5. The van der Waals surface area contributed by atoms with Gasteiger partial charge in [-0.3, -0.25) is 4.79 Å². The molecule has 0 unspecified atom stereocenters. The monoisotopic (exact) mass is 365 g/mol. The summed E-state index contributed by atoms with van der Waals surface area (Å²) in [5, 5.41) is 8.88. The molecule has 0 saturated carbocycles. The van der Waals surface area contributed by atoms with Crippen molar-refractivity contribution in [1.82, 2.24) is 4.90 Å². The summed E-state index contributed by atoms with van der Waals surface area (Å²) >= 11 is 0. The summed E-state index contributed by atoms with van der Waals surface area (Å²) in [5.41, 5.74) is 4.16. The molecule has 4 heteroatoms. The fourth-order valence-electron chi connectivity index (χ4n) is 4.38. The van der Waals surface area contributed by atoms with Gasteiger partial charge in [0.25, 0.3) is 0 Å². The van der Waals surface area contributed by atoms with E-state index in [2.05, 4.69) is 53.4 Å². The third-order valence-electron chi connectivity index (χ3n) is 6.12. The lowest BCUT2D eigenvalue weighted by Gasteiger charge is -2.38. The molecule has 0 amide bonds. The fourth-order valence-corrected chi connectivity index (χ4v) is 4.38. The maximum atomic E-state index is 10.8. The quantitative estimate of drug-likeness (QED) is 0.849. The Bertz CT molecular complexity index is 795. The number of piperidine rings is 1. The van der Waals surface area contributed by atoms with Crippen LogP contribution in [-0.2, 0) is 23.1 Å². The zero-order valence-electron chi connectivity index (χ0n) is 15.7. The van der Waals surface area contributed by atoms with Gasteiger partial charge in [0.2, 0.25) is 0 Å². The Kier molecular flexibility index (Phi) is 5.17. The molecule has 1 fully saturated rings. The molecule has 0 atom stereocenters. The summed E-state index contributed by atoms with van der Waals surface area (Å²) in [5.74, 6) is 0.340. The number of nitrogens with zero attached hydrogens (tertiary/aromatic N) is 1. The standard InChI is InChI=1S/C23H27NO3/c25-22(26)10-13-24-14-11-23(12-15-24)17-27-21-16-19(8-9-20(21)23)7-6-18-4-2-1-3-5-18/h1-5,8-9,16H,6-7,10-15,17H2,(H,25,26). The number of aryl methyl sites for hydroxylation is 2. The van der Waals surface area contributed by atoms with Gasteiger partial charge in [-0.05, 0) is 56.0 Å². The second-order valence-electron chi connectivity index (χ2n) is 7.87. The molecule has 1 saturated heterocycles. The molecule has 0 radical (unpaired) electrons. The minimum atomic E-state index is -0.715. The number of carboxylic acids is 1. The van der Waals surface area contributed by atoms with Crippen LogP contribution in [0.4, 0.5) is 0 Å². The molecule has 0 aliphatic carbocycles. The maximum absolute atomic E-state index is 10.8. The van der Waals surface area contributed by atoms with E-state index in [1.165, 1.54) is 16.7 Å². The van der Waals surface area contributed by atoms with Gasteiger partial charge in [-0.25, -0.2) is 0 Å². The topological polar surface area (TPSA) is 49.8 Å². The Morgan fingerprint density at radius 2 is 1.78 bits per heavy atom. The highest BCUT2D eigenvalue weighted by Crippen LogP contribution is 2.45. The number of carboxylic acid groups (broad SMARTS) is 1. The van der Waals surface area contributed by atoms with Crippen LogP contribution < -0.4 is 4.74 Å². The molecule has 2 aliphatic heterocycles. The number of rotatable bonds is 6. The van der Waals surface area contributed by atoms with Gasteiger partial charge in [0.05, 0.1) is 13.0 Å². The molecule has 2 heterocycles. The average molecular weight is 365 g/mol. The van der Waals surface area contributed by atoms with E-state index in [0.717, 1.165) is 51.1 Å². The first-order chi connectivity index (χ1) is 13.1. The van der Waals surface area contributed by atoms with E-state index in [4.69, 9.17) is 9.84 Å². The summed E-state index contributed by atoms with van der Waals surface area (Å²) < 4.78 is 6.11. The third-order valence-corrected chi connectivity index (χ3v) is 6.12. The highest BCUT2D eigenvalue weighted by molar-refractivity contribution is 5.66. The molecule has 2 aliphatic rings. The Morgan fingerprint density at radius 3 is 2.52 bits per heavy atom. The first-order valence-electron chi connectivity index (χ1n) is 9.89. The molecule has 0 aromatic heterocycles. The second-order valence-corrected chi connectivity index (χ2v) is 7.87. The summed E-state index contributed by atoms with van der Waals surface area (Å²) in [4.78, 5) is 13.1. The third kappa shape index (κ3) is 4.01. The number of fused-ring (bicyclic) bond motifs is 2. The molecular weight excluding hydrogens is 338 g/mol. The van der Waals surface area contributed by atoms with Crippen LogP contribution in [0, 0.1) is 0 Å². The second kappa shape index (κ2) is 7.73. The van der Waals surface area contributed by atoms with Crippen LogP contribution in [0.1, 0.15) is 36.0 Å². The van der Waals surface area contributed by atoms with E-state index in [-0.39, 0.29) is 11.8 Å². The minimum Gasteiger partial charge on any atom is -0.492 e. The van der Waals surface area contributed by atoms with Crippen LogP contribution >= 0.6 is 0 Å².